The predicted molar refractivity (Wildman–Crippen MR) is 101 cm³/mol. The first kappa shape index (κ1) is 20.2. The van der Waals surface area contributed by atoms with E-state index in [4.69, 9.17) is 19.4 Å². The average molecular weight is 332 g/mol. The minimum atomic E-state index is 0.520. The van der Waals surface area contributed by atoms with Crippen LogP contribution in [0.5, 0.6) is 11.5 Å². The maximum absolute atomic E-state index is 5.36. The molecule has 0 radical (unpaired) electrons. The Bertz CT molecular complexity index is 635. The SMILES string of the molecule is CC.CC.COc1cc2nc(C3CCCC3)nc(C)c2cc1OC. The smallest absolute Gasteiger partial charge is 0.162 e. The highest BCUT2D eigenvalue weighted by atomic mass is 16.5. The molecule has 4 heteroatoms. The third-order valence-corrected chi connectivity index (χ3v) is 4.13. The molecule has 1 fully saturated rings. The van der Waals surface area contributed by atoms with Crippen LogP contribution in [-0.4, -0.2) is 24.2 Å². The van der Waals surface area contributed by atoms with E-state index < -0.39 is 0 Å². The standard InChI is InChI=1S/C16H20N2O2.2C2H6/c1-10-12-8-14(19-2)15(20-3)9-13(12)18-16(17-10)11-6-4-5-7-11;2*1-2/h8-9,11H,4-7H2,1-3H3;2*1-2H3. The van der Waals surface area contributed by atoms with Gasteiger partial charge in [-0.15, -0.1) is 0 Å². The Balaban J connectivity index is 0.000000671. The summed E-state index contributed by atoms with van der Waals surface area (Å²) in [6.07, 6.45) is 4.99. The summed E-state index contributed by atoms with van der Waals surface area (Å²) < 4.78 is 10.7. The van der Waals surface area contributed by atoms with Crippen LogP contribution < -0.4 is 9.47 Å². The molecule has 4 nitrogen and oxygen atoms in total. The summed E-state index contributed by atoms with van der Waals surface area (Å²) in [6.45, 7) is 10.0. The zero-order valence-electron chi connectivity index (χ0n) is 16.3. The van der Waals surface area contributed by atoms with Crippen molar-refractivity contribution >= 4 is 10.9 Å². The number of benzene rings is 1. The van der Waals surface area contributed by atoms with Crippen LogP contribution in [0.3, 0.4) is 0 Å². The van der Waals surface area contributed by atoms with E-state index in [2.05, 4.69) is 0 Å². The van der Waals surface area contributed by atoms with Gasteiger partial charge in [-0.25, -0.2) is 9.97 Å². The summed E-state index contributed by atoms with van der Waals surface area (Å²) in [4.78, 5) is 9.46. The monoisotopic (exact) mass is 332 g/mol. The molecule has 0 unspecified atom stereocenters. The first-order chi connectivity index (χ1) is 11.7. The fourth-order valence-corrected chi connectivity index (χ4v) is 3.00. The largest absolute Gasteiger partial charge is 0.493 e. The van der Waals surface area contributed by atoms with Gasteiger partial charge in [0.05, 0.1) is 19.7 Å². The number of aromatic nitrogens is 2. The molecule has 0 bridgehead atoms. The van der Waals surface area contributed by atoms with Crippen molar-refractivity contribution in [3.63, 3.8) is 0 Å². The van der Waals surface area contributed by atoms with Gasteiger partial charge in [-0.3, -0.25) is 0 Å². The Morgan fingerprint density at radius 2 is 1.42 bits per heavy atom. The second-order valence-electron chi connectivity index (χ2n) is 5.37. The van der Waals surface area contributed by atoms with Gasteiger partial charge in [-0.1, -0.05) is 40.5 Å². The summed E-state index contributed by atoms with van der Waals surface area (Å²) in [5, 5.41) is 1.03. The Hall–Kier alpha value is -1.84. The molecule has 3 rings (SSSR count). The molecule has 0 amide bonds. The topological polar surface area (TPSA) is 44.2 Å². The Morgan fingerprint density at radius 3 is 1.96 bits per heavy atom. The molecule has 1 saturated carbocycles. The molecule has 0 aliphatic heterocycles. The van der Waals surface area contributed by atoms with E-state index in [1.807, 2.05) is 46.8 Å². The molecule has 0 saturated heterocycles. The molecule has 0 spiro atoms. The van der Waals surface area contributed by atoms with Gasteiger partial charge < -0.3 is 9.47 Å². The Labute approximate surface area is 146 Å². The van der Waals surface area contributed by atoms with E-state index in [9.17, 15) is 0 Å². The lowest BCUT2D eigenvalue weighted by atomic mass is 10.1. The molecule has 24 heavy (non-hydrogen) atoms. The third-order valence-electron chi connectivity index (χ3n) is 4.13. The lowest BCUT2D eigenvalue weighted by Gasteiger charge is -2.13. The maximum Gasteiger partial charge on any atom is 0.162 e. The molecule has 2 aromatic rings. The Kier molecular flexibility index (Phi) is 8.51. The van der Waals surface area contributed by atoms with Crippen molar-refractivity contribution in [2.24, 2.45) is 0 Å². The summed E-state index contributed by atoms with van der Waals surface area (Å²) in [7, 11) is 3.29. The molecular formula is C20H32N2O2. The molecular weight excluding hydrogens is 300 g/mol. The number of hydrogen-bond acceptors (Lipinski definition) is 4. The van der Waals surface area contributed by atoms with Crippen LogP contribution in [0.25, 0.3) is 10.9 Å². The zero-order chi connectivity index (χ0) is 18.1. The average Bonchev–Trinajstić information content (AvgIpc) is 3.18. The summed E-state index contributed by atoms with van der Waals surface area (Å²) in [5.41, 5.74) is 1.95. The van der Waals surface area contributed by atoms with E-state index >= 15 is 0 Å². The van der Waals surface area contributed by atoms with Gasteiger partial charge in [0, 0.05) is 23.1 Å². The predicted octanol–water partition coefficient (Wildman–Crippen LogP) is 5.67. The van der Waals surface area contributed by atoms with Crippen LogP contribution in [0, 0.1) is 6.92 Å². The van der Waals surface area contributed by atoms with E-state index in [0.717, 1.165) is 33.9 Å². The molecule has 0 N–H and O–H groups in total. The number of aryl methyl sites for hydroxylation is 1. The second kappa shape index (κ2) is 10.1. The zero-order valence-corrected chi connectivity index (χ0v) is 16.3. The van der Waals surface area contributed by atoms with Crippen LogP contribution >= 0.6 is 0 Å². The normalized spacial score (nSPS) is 13.6. The molecule has 1 aliphatic carbocycles. The third kappa shape index (κ3) is 4.37. The number of hydrogen-bond donors (Lipinski definition) is 0. The molecule has 134 valence electrons. The first-order valence-electron chi connectivity index (χ1n) is 9.13. The summed E-state index contributed by atoms with van der Waals surface area (Å²) in [5.74, 6) is 2.95. The minimum absolute atomic E-state index is 0.520. The molecule has 0 atom stereocenters. The van der Waals surface area contributed by atoms with Crippen LogP contribution in [0.15, 0.2) is 12.1 Å². The quantitative estimate of drug-likeness (QED) is 0.727. The summed E-state index contributed by atoms with van der Waals surface area (Å²) >= 11 is 0. The van der Waals surface area contributed by atoms with E-state index in [1.165, 1.54) is 25.7 Å². The second-order valence-corrected chi connectivity index (χ2v) is 5.37. The van der Waals surface area contributed by atoms with Crippen LogP contribution in [0.4, 0.5) is 0 Å². The number of ether oxygens (including phenoxy) is 2. The van der Waals surface area contributed by atoms with Crippen molar-refractivity contribution in [3.05, 3.63) is 23.7 Å². The van der Waals surface area contributed by atoms with Crippen LogP contribution in [0.1, 0.15) is 70.8 Å². The Morgan fingerprint density at radius 1 is 0.875 bits per heavy atom. The highest BCUT2D eigenvalue weighted by Crippen LogP contribution is 2.36. The molecule has 1 heterocycles. The van der Waals surface area contributed by atoms with Gasteiger partial charge in [0.1, 0.15) is 5.82 Å². The van der Waals surface area contributed by atoms with Gasteiger partial charge in [0.25, 0.3) is 0 Å². The number of rotatable bonds is 3. The van der Waals surface area contributed by atoms with Gasteiger partial charge in [-0.2, -0.15) is 0 Å². The van der Waals surface area contributed by atoms with Gasteiger partial charge in [0.2, 0.25) is 0 Å². The van der Waals surface area contributed by atoms with Crippen molar-refractivity contribution in [2.45, 2.75) is 66.2 Å². The summed E-state index contributed by atoms with van der Waals surface area (Å²) in [6, 6.07) is 3.91. The number of fused-ring (bicyclic) bond motifs is 1. The fourth-order valence-electron chi connectivity index (χ4n) is 3.00. The van der Waals surface area contributed by atoms with E-state index in [-0.39, 0.29) is 0 Å². The molecule has 1 aliphatic rings. The van der Waals surface area contributed by atoms with Crippen LogP contribution in [0.2, 0.25) is 0 Å². The van der Waals surface area contributed by atoms with Gasteiger partial charge in [0.15, 0.2) is 11.5 Å². The fraction of sp³-hybridized carbons (Fsp3) is 0.600. The van der Waals surface area contributed by atoms with Crippen molar-refractivity contribution in [1.82, 2.24) is 9.97 Å². The first-order valence-corrected chi connectivity index (χ1v) is 9.13. The minimum Gasteiger partial charge on any atom is -0.493 e. The van der Waals surface area contributed by atoms with Crippen molar-refractivity contribution in [2.75, 3.05) is 14.2 Å². The lowest BCUT2D eigenvalue weighted by Crippen LogP contribution is -2.03. The van der Waals surface area contributed by atoms with Crippen molar-refractivity contribution in [1.29, 1.82) is 0 Å². The van der Waals surface area contributed by atoms with Crippen LogP contribution in [-0.2, 0) is 0 Å². The van der Waals surface area contributed by atoms with Gasteiger partial charge >= 0.3 is 0 Å². The number of nitrogens with zero attached hydrogens (tertiary/aromatic N) is 2. The van der Waals surface area contributed by atoms with Gasteiger partial charge in [-0.05, 0) is 25.8 Å². The molecule has 1 aromatic heterocycles. The highest BCUT2D eigenvalue weighted by Gasteiger charge is 2.21. The van der Waals surface area contributed by atoms with Crippen molar-refractivity contribution < 1.29 is 9.47 Å². The highest BCUT2D eigenvalue weighted by molar-refractivity contribution is 5.84. The molecule has 1 aromatic carbocycles. The van der Waals surface area contributed by atoms with E-state index in [0.29, 0.717) is 5.92 Å². The van der Waals surface area contributed by atoms with E-state index in [1.54, 1.807) is 14.2 Å². The maximum atomic E-state index is 5.36. The lowest BCUT2D eigenvalue weighted by molar-refractivity contribution is 0.355. The number of methoxy groups -OCH3 is 2. The van der Waals surface area contributed by atoms with Crippen molar-refractivity contribution in [3.8, 4) is 11.5 Å².